The molecule has 0 saturated carbocycles. The number of hydrogen-bond acceptors (Lipinski definition) is 1. The van der Waals surface area contributed by atoms with Gasteiger partial charge in [-0.15, -0.1) is 0 Å². The molecule has 0 unspecified atom stereocenters. The summed E-state index contributed by atoms with van der Waals surface area (Å²) in [5, 5.41) is -0.549. The fourth-order valence-electron chi connectivity index (χ4n) is 1.17. The first-order valence-electron chi connectivity index (χ1n) is 3.87. The third kappa shape index (κ3) is 2.47. The number of halogens is 7. The van der Waals surface area contributed by atoms with Gasteiger partial charge in [-0.2, -0.15) is 13.2 Å². The smallest absolute Gasteiger partial charge is 0.252 e. The quantitative estimate of drug-likeness (QED) is 0.593. The van der Waals surface area contributed by atoms with E-state index >= 15 is 0 Å². The van der Waals surface area contributed by atoms with Gasteiger partial charge in [-0.25, -0.2) is 13.2 Å². The summed E-state index contributed by atoms with van der Waals surface area (Å²) in [5.41, 5.74) is -3.64. The monoisotopic (exact) mass is 307 g/mol. The van der Waals surface area contributed by atoms with E-state index in [0.717, 1.165) is 0 Å². The lowest BCUT2D eigenvalue weighted by molar-refractivity contribution is -0.140. The summed E-state index contributed by atoms with van der Waals surface area (Å²) in [6.07, 6.45) is -8.06. The Morgan fingerprint density at radius 3 is 2.25 bits per heavy atom. The minimum Gasteiger partial charge on any atom is -0.252 e. The van der Waals surface area contributed by atoms with Crippen LogP contribution in [-0.4, -0.2) is 4.98 Å². The first-order valence-corrected chi connectivity index (χ1v) is 4.99. The summed E-state index contributed by atoms with van der Waals surface area (Å²) < 4.78 is 74.8. The summed E-state index contributed by atoms with van der Waals surface area (Å²) >= 11 is 2.61. The van der Waals surface area contributed by atoms with Gasteiger partial charge < -0.3 is 0 Å². The molecule has 16 heavy (non-hydrogen) atoms. The molecule has 90 valence electrons. The molecule has 0 saturated heterocycles. The highest BCUT2D eigenvalue weighted by Gasteiger charge is 2.39. The zero-order valence-electron chi connectivity index (χ0n) is 7.45. The Morgan fingerprint density at radius 1 is 1.31 bits per heavy atom. The van der Waals surface area contributed by atoms with E-state index in [9.17, 15) is 26.3 Å². The zero-order valence-corrected chi connectivity index (χ0v) is 9.04. The molecule has 1 nitrogen and oxygen atoms in total. The SMILES string of the molecule is Fc1cnc(C(F)F)c(CBr)c1C(F)(F)F. The average Bonchev–Trinajstić information content (AvgIpc) is 2.14. The minimum atomic E-state index is -5.03. The predicted molar refractivity (Wildman–Crippen MR) is 46.8 cm³/mol. The molecular weight excluding hydrogens is 304 g/mol. The van der Waals surface area contributed by atoms with Gasteiger partial charge in [0.05, 0.1) is 11.8 Å². The van der Waals surface area contributed by atoms with E-state index in [-0.39, 0.29) is 6.20 Å². The van der Waals surface area contributed by atoms with E-state index in [2.05, 4.69) is 20.9 Å². The second-order valence-corrected chi connectivity index (χ2v) is 3.34. The number of hydrogen-bond donors (Lipinski definition) is 0. The van der Waals surface area contributed by atoms with Crippen LogP contribution in [0.5, 0.6) is 0 Å². The predicted octanol–water partition coefficient (Wildman–Crippen LogP) is 4.07. The maximum atomic E-state index is 12.9. The van der Waals surface area contributed by atoms with Crippen molar-refractivity contribution in [1.82, 2.24) is 4.98 Å². The molecule has 0 aliphatic heterocycles. The normalized spacial score (nSPS) is 12.2. The van der Waals surface area contributed by atoms with Gasteiger partial charge in [-0.3, -0.25) is 4.98 Å². The molecule has 1 heterocycles. The van der Waals surface area contributed by atoms with E-state index in [1.807, 2.05) is 0 Å². The molecular formula is C8H4BrF6N. The largest absolute Gasteiger partial charge is 0.419 e. The first-order chi connectivity index (χ1) is 7.29. The van der Waals surface area contributed by atoms with Gasteiger partial charge in [0, 0.05) is 10.9 Å². The topological polar surface area (TPSA) is 12.9 Å². The van der Waals surface area contributed by atoms with Crippen molar-refractivity contribution < 1.29 is 26.3 Å². The van der Waals surface area contributed by atoms with E-state index < -0.39 is 40.6 Å². The summed E-state index contributed by atoms with van der Waals surface area (Å²) in [7, 11) is 0. The maximum absolute atomic E-state index is 12.9. The van der Waals surface area contributed by atoms with Crippen molar-refractivity contribution in [2.45, 2.75) is 17.9 Å². The summed E-state index contributed by atoms with van der Waals surface area (Å²) in [6.45, 7) is 0. The first kappa shape index (κ1) is 13.3. The maximum Gasteiger partial charge on any atom is 0.419 e. The number of alkyl halides is 6. The van der Waals surface area contributed by atoms with E-state index in [0.29, 0.717) is 0 Å². The fourth-order valence-corrected chi connectivity index (χ4v) is 1.74. The summed E-state index contributed by atoms with van der Waals surface area (Å²) in [6, 6.07) is 0. The van der Waals surface area contributed by atoms with Crippen molar-refractivity contribution in [2.24, 2.45) is 0 Å². The van der Waals surface area contributed by atoms with Crippen molar-refractivity contribution in [3.63, 3.8) is 0 Å². The molecule has 0 atom stereocenters. The van der Waals surface area contributed by atoms with Crippen molar-refractivity contribution in [3.8, 4) is 0 Å². The van der Waals surface area contributed by atoms with Crippen LogP contribution in [0.3, 0.4) is 0 Å². The molecule has 1 aromatic rings. The standard InChI is InChI=1S/C8H4BrF6N/c9-1-3-5(8(13,14)15)4(10)2-16-6(3)7(11)12/h2,7H,1H2. The van der Waals surface area contributed by atoms with Crippen LogP contribution in [0, 0.1) is 5.82 Å². The molecule has 0 aliphatic rings. The summed E-state index contributed by atoms with van der Waals surface area (Å²) in [4.78, 5) is 2.97. The van der Waals surface area contributed by atoms with Crippen LogP contribution in [0.2, 0.25) is 0 Å². The highest BCUT2D eigenvalue weighted by atomic mass is 79.9. The van der Waals surface area contributed by atoms with Crippen molar-refractivity contribution in [2.75, 3.05) is 0 Å². The van der Waals surface area contributed by atoms with Gasteiger partial charge in [-0.05, 0) is 0 Å². The Balaban J connectivity index is 3.51. The molecule has 1 aromatic heterocycles. The Hall–Kier alpha value is -0.790. The molecule has 0 spiro atoms. The summed E-state index contributed by atoms with van der Waals surface area (Å²) in [5.74, 6) is -1.66. The molecule has 0 radical (unpaired) electrons. The number of pyridine rings is 1. The number of rotatable bonds is 2. The molecule has 0 N–H and O–H groups in total. The third-order valence-electron chi connectivity index (χ3n) is 1.79. The number of nitrogens with zero attached hydrogens (tertiary/aromatic N) is 1. The van der Waals surface area contributed by atoms with E-state index in [4.69, 9.17) is 0 Å². The van der Waals surface area contributed by atoms with Crippen LogP contribution in [0.1, 0.15) is 23.2 Å². The van der Waals surface area contributed by atoms with Crippen LogP contribution in [0.15, 0.2) is 6.20 Å². The zero-order chi connectivity index (χ0) is 12.5. The second kappa shape index (κ2) is 4.60. The Kier molecular flexibility index (Phi) is 3.82. The van der Waals surface area contributed by atoms with Crippen LogP contribution >= 0.6 is 15.9 Å². The van der Waals surface area contributed by atoms with Crippen LogP contribution in [0.25, 0.3) is 0 Å². The fraction of sp³-hybridized carbons (Fsp3) is 0.375. The van der Waals surface area contributed by atoms with Gasteiger partial charge in [0.2, 0.25) is 0 Å². The molecule has 0 aromatic carbocycles. The molecule has 8 heteroatoms. The van der Waals surface area contributed by atoms with Crippen LogP contribution in [-0.2, 0) is 11.5 Å². The van der Waals surface area contributed by atoms with Gasteiger partial charge >= 0.3 is 6.18 Å². The van der Waals surface area contributed by atoms with E-state index in [1.165, 1.54) is 0 Å². The van der Waals surface area contributed by atoms with Crippen molar-refractivity contribution in [3.05, 3.63) is 28.8 Å². The number of aromatic nitrogens is 1. The molecule has 0 bridgehead atoms. The lowest BCUT2D eigenvalue weighted by Crippen LogP contribution is -2.15. The second-order valence-electron chi connectivity index (χ2n) is 2.78. The molecule has 0 aliphatic carbocycles. The van der Waals surface area contributed by atoms with Crippen molar-refractivity contribution in [1.29, 1.82) is 0 Å². The van der Waals surface area contributed by atoms with Crippen molar-refractivity contribution >= 4 is 15.9 Å². The van der Waals surface area contributed by atoms with Gasteiger partial charge in [0.15, 0.2) is 5.82 Å². The molecule has 0 amide bonds. The van der Waals surface area contributed by atoms with Gasteiger partial charge in [0.1, 0.15) is 5.69 Å². The average molecular weight is 308 g/mol. The lowest BCUT2D eigenvalue weighted by atomic mass is 10.1. The lowest BCUT2D eigenvalue weighted by Gasteiger charge is -2.14. The minimum absolute atomic E-state index is 0.149. The Bertz CT molecular complexity index is 389. The van der Waals surface area contributed by atoms with Gasteiger partial charge in [-0.1, -0.05) is 15.9 Å². The van der Waals surface area contributed by atoms with Crippen LogP contribution < -0.4 is 0 Å². The highest BCUT2D eigenvalue weighted by Crippen LogP contribution is 2.37. The van der Waals surface area contributed by atoms with E-state index in [1.54, 1.807) is 0 Å². The molecule has 0 fully saturated rings. The highest BCUT2D eigenvalue weighted by molar-refractivity contribution is 9.08. The Labute approximate surface area is 94.6 Å². The Morgan fingerprint density at radius 2 is 1.88 bits per heavy atom. The molecule has 1 rings (SSSR count). The van der Waals surface area contributed by atoms with Crippen LogP contribution in [0.4, 0.5) is 26.3 Å². The van der Waals surface area contributed by atoms with Gasteiger partial charge in [0.25, 0.3) is 6.43 Å². The third-order valence-corrected chi connectivity index (χ3v) is 2.35.